The second-order valence-electron chi connectivity index (χ2n) is 5.30. The van der Waals surface area contributed by atoms with Crippen LogP contribution in [0, 0.1) is 0 Å². The fourth-order valence-corrected chi connectivity index (χ4v) is 3.14. The number of rotatable bonds is 3. The van der Waals surface area contributed by atoms with Crippen LogP contribution < -0.4 is 5.73 Å². The zero-order chi connectivity index (χ0) is 14.0. The lowest BCUT2D eigenvalue weighted by atomic mass is 9.75. The number of hydrogen-bond acceptors (Lipinski definition) is 3. The number of piperidine rings is 1. The number of aliphatic hydroxyl groups is 1. The monoisotopic (exact) mass is 326 g/mol. The van der Waals surface area contributed by atoms with Gasteiger partial charge in [0.25, 0.3) is 0 Å². The van der Waals surface area contributed by atoms with Gasteiger partial charge in [-0.2, -0.15) is 0 Å². The third-order valence-electron chi connectivity index (χ3n) is 3.86. The van der Waals surface area contributed by atoms with E-state index in [0.717, 1.165) is 23.1 Å². The van der Waals surface area contributed by atoms with Crippen LogP contribution in [0.1, 0.15) is 24.3 Å². The van der Waals surface area contributed by atoms with Crippen molar-refractivity contribution in [2.24, 2.45) is 5.73 Å². The molecule has 1 unspecified atom stereocenters. The molecular formula is C14H19BrN2O2. The van der Waals surface area contributed by atoms with Crippen molar-refractivity contribution in [3.63, 3.8) is 0 Å². The molecule has 1 aromatic carbocycles. The van der Waals surface area contributed by atoms with E-state index in [2.05, 4.69) is 20.8 Å². The Morgan fingerprint density at radius 1 is 1.47 bits per heavy atom. The molecule has 0 spiro atoms. The number of hydrogen-bond donors (Lipinski definition) is 2. The van der Waals surface area contributed by atoms with Gasteiger partial charge in [-0.1, -0.05) is 28.1 Å². The second-order valence-corrected chi connectivity index (χ2v) is 6.21. The summed E-state index contributed by atoms with van der Waals surface area (Å²) in [5, 5.41) is 10.8. The Morgan fingerprint density at radius 3 is 2.63 bits per heavy atom. The maximum atomic E-state index is 11.8. The average molecular weight is 327 g/mol. The molecule has 1 aromatic rings. The molecule has 2 rings (SSSR count). The van der Waals surface area contributed by atoms with Gasteiger partial charge in [0.1, 0.15) is 0 Å². The normalized spacial score (nSPS) is 21.0. The molecule has 1 saturated heterocycles. The van der Waals surface area contributed by atoms with E-state index in [1.165, 1.54) is 0 Å². The maximum absolute atomic E-state index is 11.8. The molecule has 5 heteroatoms. The molecule has 0 aromatic heterocycles. The Bertz CT molecular complexity index is 470. The molecule has 3 N–H and O–H groups in total. The number of benzene rings is 1. The zero-order valence-corrected chi connectivity index (χ0v) is 12.6. The van der Waals surface area contributed by atoms with E-state index >= 15 is 0 Å². The Balaban J connectivity index is 2.33. The molecule has 1 aliphatic rings. The van der Waals surface area contributed by atoms with Gasteiger partial charge in [-0.15, -0.1) is 0 Å². The lowest BCUT2D eigenvalue weighted by molar-refractivity contribution is -0.128. The van der Waals surface area contributed by atoms with E-state index < -0.39 is 17.4 Å². The summed E-state index contributed by atoms with van der Waals surface area (Å²) < 4.78 is 0.882. The lowest BCUT2D eigenvalue weighted by Gasteiger charge is -2.40. The van der Waals surface area contributed by atoms with Crippen molar-refractivity contribution in [2.75, 3.05) is 20.1 Å². The van der Waals surface area contributed by atoms with Crippen LogP contribution in [-0.4, -0.2) is 41.7 Å². The average Bonchev–Trinajstić information content (AvgIpc) is 2.33. The van der Waals surface area contributed by atoms with Crippen molar-refractivity contribution in [2.45, 2.75) is 24.4 Å². The highest BCUT2D eigenvalue weighted by Crippen LogP contribution is 2.37. The fraction of sp³-hybridized carbons (Fsp3) is 0.500. The van der Waals surface area contributed by atoms with Gasteiger partial charge < -0.3 is 15.7 Å². The number of likely N-dealkylation sites (tertiary alicyclic amines) is 1. The summed E-state index contributed by atoms with van der Waals surface area (Å²) in [6.45, 7) is 1.54. The molecule has 19 heavy (non-hydrogen) atoms. The fourth-order valence-electron chi connectivity index (χ4n) is 2.72. The summed E-state index contributed by atoms with van der Waals surface area (Å²) in [6.07, 6.45) is 1.12. The highest BCUT2D eigenvalue weighted by Gasteiger charge is 2.43. The number of nitrogens with two attached hydrogens (primary N) is 1. The van der Waals surface area contributed by atoms with Crippen molar-refractivity contribution < 1.29 is 9.90 Å². The van der Waals surface area contributed by atoms with Gasteiger partial charge in [0, 0.05) is 17.6 Å². The number of nitrogens with zero attached hydrogens (tertiary/aromatic N) is 1. The Labute approximate surface area is 121 Å². The van der Waals surface area contributed by atoms with Crippen molar-refractivity contribution in [1.82, 2.24) is 4.90 Å². The van der Waals surface area contributed by atoms with Crippen LogP contribution in [0.15, 0.2) is 28.7 Å². The first-order valence-corrected chi connectivity index (χ1v) is 7.17. The first-order valence-electron chi connectivity index (χ1n) is 6.38. The van der Waals surface area contributed by atoms with Gasteiger partial charge in [-0.3, -0.25) is 4.79 Å². The van der Waals surface area contributed by atoms with Crippen LogP contribution in [-0.2, 0) is 4.79 Å². The quantitative estimate of drug-likeness (QED) is 0.884. The van der Waals surface area contributed by atoms with E-state index in [4.69, 9.17) is 5.73 Å². The molecule has 0 aliphatic carbocycles. The third kappa shape index (κ3) is 3.16. The number of primary amides is 1. The number of carbonyl (C=O) groups is 1. The number of carbonyl (C=O) groups excluding carboxylic acids is 1. The molecule has 0 radical (unpaired) electrons. The van der Waals surface area contributed by atoms with Crippen molar-refractivity contribution >= 4 is 21.8 Å². The SMILES string of the molecule is CN1CCC(O)(C(C(N)=O)c2cccc(Br)c2)CC1. The number of halogens is 1. The molecule has 1 fully saturated rings. The van der Waals surface area contributed by atoms with Crippen LogP contribution in [0.5, 0.6) is 0 Å². The Morgan fingerprint density at radius 2 is 2.11 bits per heavy atom. The van der Waals surface area contributed by atoms with E-state index in [0.29, 0.717) is 12.8 Å². The van der Waals surface area contributed by atoms with Crippen LogP contribution in [0.3, 0.4) is 0 Å². The van der Waals surface area contributed by atoms with E-state index in [-0.39, 0.29) is 0 Å². The summed E-state index contributed by atoms with van der Waals surface area (Å²) in [6, 6.07) is 7.44. The van der Waals surface area contributed by atoms with Crippen LogP contribution in [0.25, 0.3) is 0 Å². The van der Waals surface area contributed by atoms with Crippen LogP contribution in [0.4, 0.5) is 0 Å². The molecule has 1 atom stereocenters. The summed E-state index contributed by atoms with van der Waals surface area (Å²) in [5.74, 6) is -1.12. The first-order chi connectivity index (χ1) is 8.92. The maximum Gasteiger partial charge on any atom is 0.227 e. The Hall–Kier alpha value is -0.910. The largest absolute Gasteiger partial charge is 0.389 e. The topological polar surface area (TPSA) is 66.6 Å². The smallest absolute Gasteiger partial charge is 0.227 e. The van der Waals surface area contributed by atoms with Crippen LogP contribution in [0.2, 0.25) is 0 Å². The van der Waals surface area contributed by atoms with E-state index in [9.17, 15) is 9.90 Å². The predicted octanol–water partition coefficient (Wildman–Crippen LogP) is 1.47. The van der Waals surface area contributed by atoms with Gasteiger partial charge in [0.15, 0.2) is 0 Å². The van der Waals surface area contributed by atoms with Gasteiger partial charge in [0.2, 0.25) is 5.91 Å². The summed E-state index contributed by atoms with van der Waals surface area (Å²) in [7, 11) is 2.01. The van der Waals surface area contributed by atoms with Crippen molar-refractivity contribution in [1.29, 1.82) is 0 Å². The molecule has 0 bridgehead atoms. The molecule has 1 heterocycles. The number of amides is 1. The van der Waals surface area contributed by atoms with Crippen LogP contribution >= 0.6 is 15.9 Å². The molecule has 104 valence electrons. The van der Waals surface area contributed by atoms with Gasteiger partial charge in [-0.25, -0.2) is 0 Å². The minimum absolute atomic E-state index is 0.467. The highest BCUT2D eigenvalue weighted by molar-refractivity contribution is 9.10. The van der Waals surface area contributed by atoms with Crippen molar-refractivity contribution in [3.05, 3.63) is 34.3 Å². The molecule has 0 saturated carbocycles. The molecule has 1 amide bonds. The summed E-state index contributed by atoms with van der Waals surface area (Å²) in [5.41, 5.74) is 5.27. The predicted molar refractivity (Wildman–Crippen MR) is 77.8 cm³/mol. The second kappa shape index (κ2) is 5.61. The Kier molecular flexibility index (Phi) is 4.28. The molecule has 1 aliphatic heterocycles. The third-order valence-corrected chi connectivity index (χ3v) is 4.35. The minimum atomic E-state index is -1.04. The van der Waals surface area contributed by atoms with E-state index in [1.54, 1.807) is 0 Å². The summed E-state index contributed by atoms with van der Waals surface area (Å²) >= 11 is 3.39. The lowest BCUT2D eigenvalue weighted by Crippen LogP contribution is -2.50. The summed E-state index contributed by atoms with van der Waals surface area (Å²) in [4.78, 5) is 14.0. The van der Waals surface area contributed by atoms with Gasteiger partial charge in [0.05, 0.1) is 11.5 Å². The minimum Gasteiger partial charge on any atom is -0.389 e. The highest BCUT2D eigenvalue weighted by atomic mass is 79.9. The van der Waals surface area contributed by atoms with Crippen molar-refractivity contribution in [3.8, 4) is 0 Å². The molecule has 4 nitrogen and oxygen atoms in total. The first kappa shape index (κ1) is 14.5. The van der Waals surface area contributed by atoms with Gasteiger partial charge in [-0.05, 0) is 37.6 Å². The van der Waals surface area contributed by atoms with Gasteiger partial charge >= 0.3 is 0 Å². The van der Waals surface area contributed by atoms with E-state index in [1.807, 2.05) is 31.3 Å². The standard InChI is InChI=1S/C14H19BrN2O2/c1-17-7-5-14(19,6-8-17)12(13(16)18)10-3-2-4-11(15)9-10/h2-4,9,12,19H,5-8H2,1H3,(H2,16,18). The zero-order valence-electron chi connectivity index (χ0n) is 11.0. The molecular weight excluding hydrogens is 308 g/mol.